The van der Waals surface area contributed by atoms with Gasteiger partial charge in [0.1, 0.15) is 6.61 Å². The molecule has 7 heteroatoms. The lowest BCUT2D eigenvalue weighted by molar-refractivity contribution is -0.120. The molecule has 2 aromatic carbocycles. The van der Waals surface area contributed by atoms with Crippen molar-refractivity contribution in [1.82, 2.24) is 14.9 Å². The second-order valence-corrected chi connectivity index (χ2v) is 7.68. The summed E-state index contributed by atoms with van der Waals surface area (Å²) < 4.78 is 22.3. The number of halogens is 1. The van der Waals surface area contributed by atoms with E-state index in [-0.39, 0.29) is 24.2 Å². The van der Waals surface area contributed by atoms with E-state index >= 15 is 0 Å². The first-order valence-corrected chi connectivity index (χ1v) is 9.93. The van der Waals surface area contributed by atoms with Gasteiger partial charge in [-0.15, -0.1) is 0 Å². The number of imidazole rings is 1. The standard InChI is InChI=1S/C22H22FN3O2S/c1-14-7-16-9-18(13-28-21(16)19(23)8-14)26-17(12-25-22(26)29)10-20(27)24-11-15-5-3-2-4-6-15/h2-8,12,18H,9-11,13H2,1H3,(H,24,27)(H,25,29)/t18-/m1/s1. The van der Waals surface area contributed by atoms with E-state index < -0.39 is 0 Å². The minimum atomic E-state index is -0.336. The van der Waals surface area contributed by atoms with Crippen molar-refractivity contribution in [2.24, 2.45) is 0 Å². The highest BCUT2D eigenvalue weighted by Gasteiger charge is 2.26. The molecule has 0 unspecified atom stereocenters. The highest BCUT2D eigenvalue weighted by Crippen LogP contribution is 2.33. The van der Waals surface area contributed by atoms with Crippen molar-refractivity contribution in [2.75, 3.05) is 6.61 Å². The molecule has 0 radical (unpaired) electrons. The van der Waals surface area contributed by atoms with Gasteiger partial charge in [0.25, 0.3) is 0 Å². The van der Waals surface area contributed by atoms with E-state index in [1.807, 2.05) is 47.9 Å². The summed E-state index contributed by atoms with van der Waals surface area (Å²) in [4.78, 5) is 15.5. The number of amides is 1. The Labute approximate surface area is 173 Å². The van der Waals surface area contributed by atoms with E-state index in [0.29, 0.717) is 30.1 Å². The van der Waals surface area contributed by atoms with Crippen molar-refractivity contribution in [3.05, 3.63) is 81.6 Å². The van der Waals surface area contributed by atoms with Crippen LogP contribution in [0.25, 0.3) is 0 Å². The molecule has 0 saturated heterocycles. The largest absolute Gasteiger partial charge is 0.488 e. The van der Waals surface area contributed by atoms with Crippen LogP contribution in [0.15, 0.2) is 48.7 Å². The number of aromatic amines is 1. The third kappa shape index (κ3) is 4.24. The average Bonchev–Trinajstić information content (AvgIpc) is 3.06. The van der Waals surface area contributed by atoms with Crippen LogP contribution < -0.4 is 10.1 Å². The molecule has 29 heavy (non-hydrogen) atoms. The van der Waals surface area contributed by atoms with Gasteiger partial charge in [0.15, 0.2) is 16.3 Å². The number of ether oxygens (including phenoxy) is 1. The summed E-state index contributed by atoms with van der Waals surface area (Å²) >= 11 is 5.44. The van der Waals surface area contributed by atoms with Gasteiger partial charge >= 0.3 is 0 Å². The molecule has 4 rings (SSSR count). The molecule has 5 nitrogen and oxygen atoms in total. The summed E-state index contributed by atoms with van der Waals surface area (Å²) in [5.41, 5.74) is 3.50. The second-order valence-electron chi connectivity index (χ2n) is 7.30. The molecule has 150 valence electrons. The molecule has 1 amide bonds. The van der Waals surface area contributed by atoms with Crippen molar-refractivity contribution in [2.45, 2.75) is 32.4 Å². The highest BCUT2D eigenvalue weighted by molar-refractivity contribution is 7.71. The first-order valence-electron chi connectivity index (χ1n) is 9.52. The molecule has 0 saturated carbocycles. The average molecular weight is 412 g/mol. The zero-order valence-electron chi connectivity index (χ0n) is 16.1. The molecule has 0 spiro atoms. The van der Waals surface area contributed by atoms with Gasteiger partial charge in [-0.2, -0.15) is 0 Å². The van der Waals surface area contributed by atoms with Crippen LogP contribution in [0.3, 0.4) is 0 Å². The van der Waals surface area contributed by atoms with Crippen LogP contribution in [0.2, 0.25) is 0 Å². The molecule has 1 aromatic heterocycles. The Hall–Kier alpha value is -2.93. The quantitative estimate of drug-likeness (QED) is 0.624. The summed E-state index contributed by atoms with van der Waals surface area (Å²) in [7, 11) is 0. The van der Waals surface area contributed by atoms with Crippen molar-refractivity contribution in [3.8, 4) is 5.75 Å². The summed E-state index contributed by atoms with van der Waals surface area (Å²) in [6, 6.07) is 13.1. The number of hydrogen-bond acceptors (Lipinski definition) is 3. The predicted molar refractivity (Wildman–Crippen MR) is 111 cm³/mol. The van der Waals surface area contributed by atoms with Crippen LogP contribution in [-0.2, 0) is 24.2 Å². The molecule has 3 aromatic rings. The van der Waals surface area contributed by atoms with Crippen molar-refractivity contribution in [3.63, 3.8) is 0 Å². The molecular weight excluding hydrogens is 389 g/mol. The molecule has 2 N–H and O–H groups in total. The zero-order chi connectivity index (χ0) is 20.4. The number of carbonyl (C=O) groups is 1. The number of benzene rings is 2. The van der Waals surface area contributed by atoms with Gasteiger partial charge < -0.3 is 19.6 Å². The molecule has 1 atom stereocenters. The summed E-state index contributed by atoms with van der Waals surface area (Å²) in [5, 5.41) is 2.94. The zero-order valence-corrected chi connectivity index (χ0v) is 16.9. The lowest BCUT2D eigenvalue weighted by atomic mass is 10.00. The van der Waals surface area contributed by atoms with Crippen LogP contribution in [0, 0.1) is 17.5 Å². The van der Waals surface area contributed by atoms with Crippen molar-refractivity contribution >= 4 is 18.1 Å². The Morgan fingerprint density at radius 1 is 1.34 bits per heavy atom. The van der Waals surface area contributed by atoms with Crippen molar-refractivity contribution in [1.29, 1.82) is 0 Å². The Bertz CT molecular complexity index is 1090. The van der Waals surface area contributed by atoms with Crippen molar-refractivity contribution < 1.29 is 13.9 Å². The number of aromatic nitrogens is 2. The van der Waals surface area contributed by atoms with E-state index in [0.717, 1.165) is 22.4 Å². The molecule has 1 aliphatic rings. The van der Waals surface area contributed by atoms with E-state index in [2.05, 4.69) is 10.3 Å². The molecule has 0 fully saturated rings. The summed E-state index contributed by atoms with van der Waals surface area (Å²) in [6.45, 7) is 2.64. The first kappa shape index (κ1) is 19.4. The first-order chi connectivity index (χ1) is 14.0. The topological polar surface area (TPSA) is 59.0 Å². The van der Waals surface area contributed by atoms with Gasteiger partial charge in [-0.1, -0.05) is 36.4 Å². The fraction of sp³-hybridized carbons (Fsp3) is 0.273. The van der Waals surface area contributed by atoms with Crippen LogP contribution >= 0.6 is 12.2 Å². The number of aryl methyl sites for hydroxylation is 1. The Kier molecular flexibility index (Phi) is 5.49. The van der Waals surface area contributed by atoms with Crippen LogP contribution in [-0.4, -0.2) is 22.1 Å². The number of rotatable bonds is 5. The Morgan fingerprint density at radius 3 is 2.93 bits per heavy atom. The lowest BCUT2D eigenvalue weighted by Gasteiger charge is -2.28. The van der Waals surface area contributed by atoms with E-state index in [4.69, 9.17) is 17.0 Å². The number of hydrogen-bond donors (Lipinski definition) is 2. The minimum absolute atomic E-state index is 0.0874. The summed E-state index contributed by atoms with van der Waals surface area (Å²) in [6.07, 6.45) is 2.56. The van der Waals surface area contributed by atoms with Gasteiger partial charge in [0.05, 0.1) is 12.5 Å². The number of carbonyl (C=O) groups excluding carboxylic acids is 1. The monoisotopic (exact) mass is 411 g/mol. The molecule has 2 heterocycles. The van der Waals surface area contributed by atoms with E-state index in [9.17, 15) is 9.18 Å². The van der Waals surface area contributed by atoms with E-state index in [1.54, 1.807) is 6.20 Å². The maximum Gasteiger partial charge on any atom is 0.226 e. The third-order valence-corrected chi connectivity index (χ3v) is 5.38. The highest BCUT2D eigenvalue weighted by atomic mass is 32.1. The van der Waals surface area contributed by atoms with Gasteiger partial charge in [0.2, 0.25) is 5.91 Å². The predicted octanol–water partition coefficient (Wildman–Crippen LogP) is 4.03. The van der Waals surface area contributed by atoms with Crippen LogP contribution in [0.4, 0.5) is 4.39 Å². The SMILES string of the molecule is Cc1cc(F)c2c(c1)C[C@@H](n1c(CC(=O)NCc3ccccc3)c[nH]c1=S)CO2. The lowest BCUT2D eigenvalue weighted by Crippen LogP contribution is -2.29. The normalized spacial score (nSPS) is 15.4. The fourth-order valence-electron chi connectivity index (χ4n) is 3.75. The third-order valence-electron chi connectivity index (χ3n) is 5.07. The van der Waals surface area contributed by atoms with Crippen LogP contribution in [0.1, 0.15) is 28.4 Å². The maximum atomic E-state index is 14.1. The van der Waals surface area contributed by atoms with Gasteiger partial charge in [-0.25, -0.2) is 4.39 Å². The second kappa shape index (κ2) is 8.21. The van der Waals surface area contributed by atoms with Gasteiger partial charge in [-0.3, -0.25) is 4.79 Å². The number of H-pyrrole nitrogens is 1. The minimum Gasteiger partial charge on any atom is -0.488 e. The molecule has 0 bridgehead atoms. The molecule has 1 aliphatic heterocycles. The van der Waals surface area contributed by atoms with Gasteiger partial charge in [-0.05, 0) is 41.9 Å². The molecular formula is C22H22FN3O2S. The number of nitrogens with one attached hydrogen (secondary N) is 2. The molecule has 0 aliphatic carbocycles. The smallest absolute Gasteiger partial charge is 0.226 e. The fourth-order valence-corrected chi connectivity index (χ4v) is 4.07. The Balaban J connectivity index is 1.49. The summed E-state index contributed by atoms with van der Waals surface area (Å²) in [5.74, 6) is -0.108. The van der Waals surface area contributed by atoms with Crippen LogP contribution in [0.5, 0.6) is 5.75 Å². The number of nitrogens with zero attached hydrogens (tertiary/aromatic N) is 1. The van der Waals surface area contributed by atoms with Gasteiger partial charge in [0, 0.05) is 24.9 Å². The maximum absolute atomic E-state index is 14.1. The number of fused-ring (bicyclic) bond motifs is 1. The Morgan fingerprint density at radius 2 is 2.14 bits per heavy atom. The van der Waals surface area contributed by atoms with E-state index in [1.165, 1.54) is 6.07 Å².